The van der Waals surface area contributed by atoms with Crippen molar-refractivity contribution in [3.8, 4) is 11.5 Å². The zero-order chi connectivity index (χ0) is 19.4. The Labute approximate surface area is 164 Å². The number of hydrogen-bond donors (Lipinski definition) is 1. The first-order chi connectivity index (χ1) is 12.9. The molecular weight excluding hydrogens is 364 g/mol. The third-order valence-corrected chi connectivity index (χ3v) is 4.68. The Morgan fingerprint density at radius 2 is 1.85 bits per heavy atom. The first-order valence-electron chi connectivity index (χ1n) is 9.04. The molecule has 0 aliphatic carbocycles. The van der Waals surface area contributed by atoms with Crippen molar-refractivity contribution in [3.63, 3.8) is 0 Å². The fourth-order valence-electron chi connectivity index (χ4n) is 3.10. The van der Waals surface area contributed by atoms with Gasteiger partial charge in [-0.2, -0.15) is 0 Å². The molecule has 0 bridgehead atoms. The van der Waals surface area contributed by atoms with Gasteiger partial charge in [-0.05, 0) is 30.2 Å². The van der Waals surface area contributed by atoms with Gasteiger partial charge in [0.1, 0.15) is 5.75 Å². The van der Waals surface area contributed by atoms with Crippen LogP contribution in [0.25, 0.3) is 0 Å². The average molecular weight is 387 g/mol. The first-order valence-corrected chi connectivity index (χ1v) is 9.42. The Morgan fingerprint density at radius 3 is 2.56 bits per heavy atom. The Morgan fingerprint density at radius 1 is 1.19 bits per heavy atom. The van der Waals surface area contributed by atoms with Crippen molar-refractivity contribution in [1.29, 1.82) is 0 Å². The number of benzene rings is 2. The lowest BCUT2D eigenvalue weighted by Crippen LogP contribution is -2.31. The molecule has 1 aliphatic heterocycles. The maximum atomic E-state index is 12.7. The van der Waals surface area contributed by atoms with Crippen molar-refractivity contribution in [3.05, 3.63) is 53.6 Å². The molecule has 1 N–H and O–H groups in total. The molecular formula is C21H23ClN2O3. The molecule has 1 heterocycles. The highest BCUT2D eigenvalue weighted by molar-refractivity contribution is 6.32. The highest BCUT2D eigenvalue weighted by Gasteiger charge is 2.34. The molecule has 0 spiro atoms. The van der Waals surface area contributed by atoms with Crippen LogP contribution in [-0.2, 0) is 9.59 Å². The van der Waals surface area contributed by atoms with E-state index in [1.54, 1.807) is 29.2 Å². The van der Waals surface area contributed by atoms with E-state index in [9.17, 15) is 9.59 Å². The predicted octanol–water partition coefficient (Wildman–Crippen LogP) is 4.58. The standard InChI is InChI=1S/C21H23ClN2O3/c1-14(2)12-24-13-15(11-20(24)25)21(26)23-17-8-4-6-10-19(17)27-18-9-5-3-7-16(18)22/h3-10,14-15H,11-13H2,1-2H3,(H,23,26). The van der Waals surface area contributed by atoms with Crippen molar-refractivity contribution >= 4 is 29.1 Å². The minimum Gasteiger partial charge on any atom is -0.454 e. The summed E-state index contributed by atoms with van der Waals surface area (Å²) in [7, 11) is 0. The fraction of sp³-hybridized carbons (Fsp3) is 0.333. The van der Waals surface area contributed by atoms with Gasteiger partial charge < -0.3 is 15.0 Å². The van der Waals surface area contributed by atoms with E-state index in [1.165, 1.54) is 0 Å². The highest BCUT2D eigenvalue weighted by Crippen LogP contribution is 2.34. The summed E-state index contributed by atoms with van der Waals surface area (Å²) in [6.45, 7) is 5.25. The number of amides is 2. The molecule has 0 aromatic heterocycles. The zero-order valence-corrected chi connectivity index (χ0v) is 16.2. The number of nitrogens with one attached hydrogen (secondary N) is 1. The number of carbonyl (C=O) groups is 2. The molecule has 142 valence electrons. The van der Waals surface area contributed by atoms with Crippen molar-refractivity contribution in [1.82, 2.24) is 4.90 Å². The Balaban J connectivity index is 1.70. The molecule has 6 heteroatoms. The lowest BCUT2D eigenvalue weighted by molar-refractivity contribution is -0.128. The topological polar surface area (TPSA) is 58.6 Å². The molecule has 2 amide bonds. The maximum Gasteiger partial charge on any atom is 0.229 e. The van der Waals surface area contributed by atoms with Crippen LogP contribution in [0.3, 0.4) is 0 Å². The van der Waals surface area contributed by atoms with Gasteiger partial charge in [0.25, 0.3) is 0 Å². The fourth-order valence-corrected chi connectivity index (χ4v) is 3.28. The molecule has 1 atom stereocenters. The van der Waals surface area contributed by atoms with E-state index in [-0.39, 0.29) is 24.2 Å². The summed E-state index contributed by atoms with van der Waals surface area (Å²) in [4.78, 5) is 26.6. The van der Waals surface area contributed by atoms with Gasteiger partial charge in [0.2, 0.25) is 11.8 Å². The second-order valence-corrected chi connectivity index (χ2v) is 7.52. The molecule has 1 unspecified atom stereocenters. The zero-order valence-electron chi connectivity index (χ0n) is 15.4. The van der Waals surface area contributed by atoms with Crippen LogP contribution in [0, 0.1) is 11.8 Å². The van der Waals surface area contributed by atoms with Crippen molar-refractivity contribution in [2.75, 3.05) is 18.4 Å². The summed E-state index contributed by atoms with van der Waals surface area (Å²) in [5.74, 6) is 0.890. The number of halogens is 1. The van der Waals surface area contributed by atoms with Crippen LogP contribution >= 0.6 is 11.6 Å². The van der Waals surface area contributed by atoms with E-state index in [1.807, 2.05) is 24.3 Å². The van der Waals surface area contributed by atoms with Crippen LogP contribution in [0.5, 0.6) is 11.5 Å². The molecule has 3 rings (SSSR count). The van der Waals surface area contributed by atoms with Crippen LogP contribution in [-0.4, -0.2) is 29.8 Å². The molecule has 2 aromatic carbocycles. The van der Waals surface area contributed by atoms with E-state index in [0.29, 0.717) is 41.2 Å². The Bertz CT molecular complexity index is 838. The van der Waals surface area contributed by atoms with Gasteiger partial charge >= 0.3 is 0 Å². The van der Waals surface area contributed by atoms with Crippen LogP contribution in [0.2, 0.25) is 5.02 Å². The Kier molecular flexibility index (Phi) is 6.01. The van der Waals surface area contributed by atoms with Gasteiger partial charge in [0, 0.05) is 19.5 Å². The van der Waals surface area contributed by atoms with Crippen LogP contribution in [0.4, 0.5) is 5.69 Å². The van der Waals surface area contributed by atoms with Gasteiger partial charge in [0.05, 0.1) is 16.6 Å². The summed E-state index contributed by atoms with van der Waals surface area (Å²) in [6, 6.07) is 14.3. The number of hydrogen-bond acceptors (Lipinski definition) is 3. The van der Waals surface area contributed by atoms with Gasteiger partial charge in [-0.1, -0.05) is 49.7 Å². The highest BCUT2D eigenvalue weighted by atomic mass is 35.5. The number of para-hydroxylation sites is 3. The quantitative estimate of drug-likeness (QED) is 0.790. The second kappa shape index (κ2) is 8.44. The van der Waals surface area contributed by atoms with E-state index in [4.69, 9.17) is 16.3 Å². The van der Waals surface area contributed by atoms with Gasteiger partial charge in [-0.3, -0.25) is 9.59 Å². The number of ether oxygens (including phenoxy) is 1. The van der Waals surface area contributed by atoms with Gasteiger partial charge in [-0.25, -0.2) is 0 Å². The van der Waals surface area contributed by atoms with Gasteiger partial charge in [-0.15, -0.1) is 0 Å². The monoisotopic (exact) mass is 386 g/mol. The SMILES string of the molecule is CC(C)CN1CC(C(=O)Nc2ccccc2Oc2ccccc2Cl)CC1=O. The molecule has 1 aliphatic rings. The number of nitrogens with zero attached hydrogens (tertiary/aromatic N) is 1. The third kappa shape index (κ3) is 4.80. The predicted molar refractivity (Wildman–Crippen MR) is 106 cm³/mol. The molecule has 5 nitrogen and oxygen atoms in total. The maximum absolute atomic E-state index is 12.7. The normalized spacial score (nSPS) is 16.7. The van der Waals surface area contributed by atoms with Crippen molar-refractivity contribution in [2.24, 2.45) is 11.8 Å². The second-order valence-electron chi connectivity index (χ2n) is 7.11. The summed E-state index contributed by atoms with van der Waals surface area (Å²) in [5, 5.41) is 3.39. The van der Waals surface area contributed by atoms with Crippen molar-refractivity contribution in [2.45, 2.75) is 20.3 Å². The molecule has 1 fully saturated rings. The van der Waals surface area contributed by atoms with Crippen LogP contribution in [0.1, 0.15) is 20.3 Å². The summed E-state index contributed by atoms with van der Waals surface area (Å²) in [5.41, 5.74) is 0.553. The molecule has 2 aromatic rings. The summed E-state index contributed by atoms with van der Waals surface area (Å²) in [6.07, 6.45) is 0.242. The van der Waals surface area contributed by atoms with Crippen molar-refractivity contribution < 1.29 is 14.3 Å². The molecule has 27 heavy (non-hydrogen) atoms. The number of anilines is 1. The molecule has 1 saturated heterocycles. The number of likely N-dealkylation sites (tertiary alicyclic amines) is 1. The van der Waals surface area contributed by atoms with Gasteiger partial charge in [0.15, 0.2) is 5.75 Å². The largest absolute Gasteiger partial charge is 0.454 e. The minimum atomic E-state index is -0.357. The smallest absolute Gasteiger partial charge is 0.229 e. The third-order valence-electron chi connectivity index (χ3n) is 4.37. The molecule has 0 saturated carbocycles. The van der Waals surface area contributed by atoms with E-state index in [2.05, 4.69) is 19.2 Å². The van der Waals surface area contributed by atoms with Crippen LogP contribution in [0.15, 0.2) is 48.5 Å². The van der Waals surface area contributed by atoms with E-state index >= 15 is 0 Å². The summed E-state index contributed by atoms with van der Waals surface area (Å²) >= 11 is 6.15. The van der Waals surface area contributed by atoms with E-state index in [0.717, 1.165) is 0 Å². The first kappa shape index (κ1) is 19.2. The molecule has 0 radical (unpaired) electrons. The average Bonchev–Trinajstić information content (AvgIpc) is 2.99. The van der Waals surface area contributed by atoms with Crippen LogP contribution < -0.4 is 10.1 Å². The summed E-state index contributed by atoms with van der Waals surface area (Å²) < 4.78 is 5.87. The number of rotatable bonds is 6. The lowest BCUT2D eigenvalue weighted by atomic mass is 10.1. The Hall–Kier alpha value is -2.53. The number of carbonyl (C=O) groups excluding carboxylic acids is 2. The minimum absolute atomic E-state index is 0.0319. The lowest BCUT2D eigenvalue weighted by Gasteiger charge is -2.19. The van der Waals surface area contributed by atoms with E-state index < -0.39 is 0 Å².